The lowest BCUT2D eigenvalue weighted by atomic mass is 10.2. The summed E-state index contributed by atoms with van der Waals surface area (Å²) in [4.78, 5) is 11.2. The van der Waals surface area contributed by atoms with Gasteiger partial charge in [0, 0.05) is 13.5 Å². The Morgan fingerprint density at radius 3 is 2.92 bits per heavy atom. The average Bonchev–Trinajstić information content (AvgIpc) is 2.33. The highest BCUT2D eigenvalue weighted by Crippen LogP contribution is 2.13. The minimum atomic E-state index is -0.398. The molecular weight excluding hydrogens is 160 g/mol. The van der Waals surface area contributed by atoms with E-state index >= 15 is 0 Å². The summed E-state index contributed by atoms with van der Waals surface area (Å²) in [5.41, 5.74) is 1.05. The van der Waals surface area contributed by atoms with Crippen LogP contribution in [0.15, 0.2) is 4.79 Å². The Bertz CT molecular complexity index is 331. The molecule has 2 heterocycles. The second-order valence-electron chi connectivity index (χ2n) is 2.85. The minimum absolute atomic E-state index is 0.321. The van der Waals surface area contributed by atoms with Gasteiger partial charge < -0.3 is 9.94 Å². The maximum Gasteiger partial charge on any atom is 0.361 e. The quantitative estimate of drug-likeness (QED) is 0.534. The number of aromatic nitrogens is 2. The number of rotatable bonds is 0. The number of nitrogens with zero attached hydrogens (tertiary/aromatic N) is 2. The minimum Gasteiger partial charge on any atom is -0.424 e. The van der Waals surface area contributed by atoms with Crippen molar-refractivity contribution in [2.24, 2.45) is 7.05 Å². The third-order valence-electron chi connectivity index (χ3n) is 2.18. The van der Waals surface area contributed by atoms with Crippen LogP contribution in [0, 0.1) is 0 Å². The van der Waals surface area contributed by atoms with Crippen LogP contribution in [0.4, 0.5) is 0 Å². The molecule has 1 aliphatic heterocycles. The molecule has 0 bridgehead atoms. The maximum atomic E-state index is 11.2. The molecular formula is C7H10N2O3. The van der Waals surface area contributed by atoms with Gasteiger partial charge in [0.15, 0.2) is 0 Å². The summed E-state index contributed by atoms with van der Waals surface area (Å²) in [7, 11) is 1.65. The third kappa shape index (κ3) is 0.797. The van der Waals surface area contributed by atoms with E-state index in [9.17, 15) is 10.0 Å². The normalized spacial score (nSPS) is 16.1. The molecule has 0 fully saturated rings. The van der Waals surface area contributed by atoms with E-state index in [1.54, 1.807) is 7.05 Å². The Morgan fingerprint density at radius 2 is 2.25 bits per heavy atom. The summed E-state index contributed by atoms with van der Waals surface area (Å²) < 4.78 is 7.23. The molecule has 0 unspecified atom stereocenters. The number of hydrogen-bond acceptors (Lipinski definition) is 3. The molecule has 12 heavy (non-hydrogen) atoms. The van der Waals surface area contributed by atoms with Gasteiger partial charge in [0.1, 0.15) is 5.69 Å². The molecule has 0 saturated heterocycles. The van der Waals surface area contributed by atoms with E-state index in [4.69, 9.17) is 4.74 Å². The molecule has 66 valence electrons. The Hall–Kier alpha value is -1.23. The fourth-order valence-electron chi connectivity index (χ4n) is 1.48. The first-order valence-corrected chi connectivity index (χ1v) is 3.78. The van der Waals surface area contributed by atoms with Gasteiger partial charge in [0.05, 0.1) is 18.9 Å². The summed E-state index contributed by atoms with van der Waals surface area (Å²) in [6.45, 7) is 0.937. The van der Waals surface area contributed by atoms with E-state index in [0.29, 0.717) is 30.1 Å². The molecule has 5 heteroatoms. The molecule has 0 aromatic carbocycles. The SMILES string of the molecule is Cn1c2c(n(O)c1=O)COCC2. The van der Waals surface area contributed by atoms with Crippen molar-refractivity contribution in [2.75, 3.05) is 6.61 Å². The smallest absolute Gasteiger partial charge is 0.361 e. The molecule has 0 atom stereocenters. The van der Waals surface area contributed by atoms with Crippen molar-refractivity contribution in [3.8, 4) is 0 Å². The zero-order chi connectivity index (χ0) is 8.72. The standard InChI is InChI=1S/C7H10N2O3/c1-8-5-2-3-12-4-6(5)9(11)7(8)10/h11H,2-4H2,1H3. The fraction of sp³-hybridized carbons (Fsp3) is 0.571. The topological polar surface area (TPSA) is 56.4 Å². The van der Waals surface area contributed by atoms with Crippen molar-refractivity contribution in [3.63, 3.8) is 0 Å². The average molecular weight is 170 g/mol. The van der Waals surface area contributed by atoms with Crippen LogP contribution in [0.5, 0.6) is 0 Å². The van der Waals surface area contributed by atoms with Crippen LogP contribution in [0.25, 0.3) is 0 Å². The summed E-state index contributed by atoms with van der Waals surface area (Å²) in [6.07, 6.45) is 0.689. The van der Waals surface area contributed by atoms with Gasteiger partial charge in [-0.1, -0.05) is 0 Å². The lowest BCUT2D eigenvalue weighted by Crippen LogP contribution is -2.21. The Morgan fingerprint density at radius 1 is 1.50 bits per heavy atom. The van der Waals surface area contributed by atoms with Crippen LogP contribution < -0.4 is 5.69 Å². The van der Waals surface area contributed by atoms with Crippen LogP contribution in [0.3, 0.4) is 0 Å². The van der Waals surface area contributed by atoms with Gasteiger partial charge in [0.25, 0.3) is 0 Å². The first-order valence-electron chi connectivity index (χ1n) is 3.78. The first kappa shape index (κ1) is 7.42. The zero-order valence-corrected chi connectivity index (χ0v) is 6.78. The van der Waals surface area contributed by atoms with E-state index in [1.165, 1.54) is 4.57 Å². The second-order valence-corrected chi connectivity index (χ2v) is 2.85. The second kappa shape index (κ2) is 2.38. The Balaban J connectivity index is 2.68. The maximum absolute atomic E-state index is 11.2. The van der Waals surface area contributed by atoms with Crippen molar-refractivity contribution in [3.05, 3.63) is 21.9 Å². The summed E-state index contributed by atoms with van der Waals surface area (Å²) in [6, 6.07) is 0. The van der Waals surface area contributed by atoms with Gasteiger partial charge >= 0.3 is 5.69 Å². The molecule has 5 nitrogen and oxygen atoms in total. The Labute approximate surface area is 68.8 Å². The molecule has 1 aliphatic rings. The fourth-order valence-corrected chi connectivity index (χ4v) is 1.48. The van der Waals surface area contributed by atoms with Gasteiger partial charge in [-0.3, -0.25) is 4.57 Å². The Kier molecular flexibility index (Phi) is 1.47. The molecule has 1 aromatic heterocycles. The van der Waals surface area contributed by atoms with Crippen molar-refractivity contribution < 1.29 is 9.94 Å². The number of imidazole rings is 1. The van der Waals surface area contributed by atoms with Crippen LogP contribution in [0.2, 0.25) is 0 Å². The monoisotopic (exact) mass is 170 g/mol. The van der Waals surface area contributed by atoms with Crippen LogP contribution >= 0.6 is 0 Å². The predicted octanol–water partition coefficient (Wildman–Crippen LogP) is -0.503. The first-order chi connectivity index (χ1) is 5.72. The van der Waals surface area contributed by atoms with Crippen LogP contribution in [-0.4, -0.2) is 21.1 Å². The summed E-state index contributed by atoms with van der Waals surface area (Å²) in [5.74, 6) is 0. The number of fused-ring (bicyclic) bond motifs is 1. The van der Waals surface area contributed by atoms with Crippen LogP contribution in [0.1, 0.15) is 11.4 Å². The highest BCUT2D eigenvalue weighted by atomic mass is 16.5. The van der Waals surface area contributed by atoms with Gasteiger partial charge in [-0.15, -0.1) is 4.73 Å². The van der Waals surface area contributed by atoms with Gasteiger partial charge in [0.2, 0.25) is 0 Å². The van der Waals surface area contributed by atoms with E-state index < -0.39 is 5.69 Å². The number of ether oxygens (including phenoxy) is 1. The molecule has 0 spiro atoms. The lowest BCUT2D eigenvalue weighted by Gasteiger charge is -2.12. The zero-order valence-electron chi connectivity index (χ0n) is 6.78. The molecule has 1 aromatic rings. The van der Waals surface area contributed by atoms with E-state index in [0.717, 1.165) is 5.69 Å². The van der Waals surface area contributed by atoms with Crippen molar-refractivity contribution in [1.29, 1.82) is 0 Å². The molecule has 1 N–H and O–H groups in total. The van der Waals surface area contributed by atoms with Gasteiger partial charge in [-0.05, 0) is 0 Å². The summed E-state index contributed by atoms with van der Waals surface area (Å²) >= 11 is 0. The number of hydrogen-bond donors (Lipinski definition) is 1. The third-order valence-corrected chi connectivity index (χ3v) is 2.18. The molecule has 0 aliphatic carbocycles. The van der Waals surface area contributed by atoms with E-state index in [-0.39, 0.29) is 0 Å². The largest absolute Gasteiger partial charge is 0.424 e. The highest BCUT2D eigenvalue weighted by Gasteiger charge is 2.20. The van der Waals surface area contributed by atoms with Gasteiger partial charge in [-0.25, -0.2) is 4.79 Å². The van der Waals surface area contributed by atoms with E-state index in [2.05, 4.69) is 0 Å². The van der Waals surface area contributed by atoms with Crippen molar-refractivity contribution in [2.45, 2.75) is 13.0 Å². The highest BCUT2D eigenvalue weighted by molar-refractivity contribution is 5.15. The molecule has 0 radical (unpaired) electrons. The van der Waals surface area contributed by atoms with Gasteiger partial charge in [-0.2, -0.15) is 0 Å². The molecule has 0 saturated carbocycles. The summed E-state index contributed by atoms with van der Waals surface area (Å²) in [5, 5.41) is 9.27. The molecule has 0 amide bonds. The van der Waals surface area contributed by atoms with Crippen molar-refractivity contribution in [1.82, 2.24) is 9.30 Å². The predicted molar refractivity (Wildman–Crippen MR) is 40.2 cm³/mol. The van der Waals surface area contributed by atoms with Crippen molar-refractivity contribution >= 4 is 0 Å². The molecule has 2 rings (SSSR count). The lowest BCUT2D eigenvalue weighted by molar-refractivity contribution is 0.0791. The van der Waals surface area contributed by atoms with E-state index in [1.807, 2.05) is 0 Å². The van der Waals surface area contributed by atoms with Crippen LogP contribution in [-0.2, 0) is 24.8 Å².